The average Bonchev–Trinajstić information content (AvgIpc) is 2.55. The number of rotatable bonds is 5. The van der Waals surface area contributed by atoms with Gasteiger partial charge in [-0.2, -0.15) is 0 Å². The molecule has 2 rings (SSSR count). The summed E-state index contributed by atoms with van der Waals surface area (Å²) >= 11 is 0. The van der Waals surface area contributed by atoms with Crippen LogP contribution in [0.3, 0.4) is 0 Å². The van der Waals surface area contributed by atoms with Crippen molar-refractivity contribution in [2.24, 2.45) is 0 Å². The first-order valence-corrected chi connectivity index (χ1v) is 7.59. The third-order valence-corrected chi connectivity index (χ3v) is 3.70. The molecule has 24 heavy (non-hydrogen) atoms. The van der Waals surface area contributed by atoms with E-state index in [0.29, 0.717) is 12.2 Å². The predicted molar refractivity (Wildman–Crippen MR) is 92.0 cm³/mol. The van der Waals surface area contributed by atoms with E-state index < -0.39 is 5.91 Å². The van der Waals surface area contributed by atoms with Crippen LogP contribution in [0, 0.1) is 0 Å². The van der Waals surface area contributed by atoms with Gasteiger partial charge in [-0.15, -0.1) is 0 Å². The quantitative estimate of drug-likeness (QED) is 0.736. The first kappa shape index (κ1) is 17.5. The highest BCUT2D eigenvalue weighted by atomic mass is 16.3. The first-order chi connectivity index (χ1) is 11.3. The van der Waals surface area contributed by atoms with E-state index in [-0.39, 0.29) is 22.6 Å². The van der Waals surface area contributed by atoms with Gasteiger partial charge in [0.1, 0.15) is 5.75 Å². The molecule has 0 fully saturated rings. The van der Waals surface area contributed by atoms with Crippen molar-refractivity contribution >= 4 is 17.5 Å². The molecule has 0 aliphatic rings. The van der Waals surface area contributed by atoms with Gasteiger partial charge in [-0.3, -0.25) is 14.6 Å². The number of hydrogen-bond donors (Lipinski definition) is 3. The van der Waals surface area contributed by atoms with Crippen molar-refractivity contribution in [3.8, 4) is 5.75 Å². The molecular formula is C18H21N3O3. The molecule has 0 saturated carbocycles. The van der Waals surface area contributed by atoms with E-state index in [9.17, 15) is 14.7 Å². The number of carbonyl (C=O) groups is 2. The van der Waals surface area contributed by atoms with Crippen molar-refractivity contribution in [1.82, 2.24) is 10.3 Å². The number of nitrogens with one attached hydrogen (secondary N) is 2. The fraction of sp³-hybridized carbons (Fsp3) is 0.278. The summed E-state index contributed by atoms with van der Waals surface area (Å²) in [4.78, 5) is 27.6. The van der Waals surface area contributed by atoms with Crippen LogP contribution >= 0.6 is 0 Å². The van der Waals surface area contributed by atoms with Gasteiger partial charge >= 0.3 is 0 Å². The largest absolute Gasteiger partial charge is 0.507 e. The molecule has 6 nitrogen and oxygen atoms in total. The number of carbonyl (C=O) groups excluding carboxylic acids is 2. The van der Waals surface area contributed by atoms with Gasteiger partial charge in [0.2, 0.25) is 5.91 Å². The van der Waals surface area contributed by atoms with Gasteiger partial charge in [0.15, 0.2) is 0 Å². The summed E-state index contributed by atoms with van der Waals surface area (Å²) in [6, 6.07) is 8.17. The topological polar surface area (TPSA) is 91.3 Å². The minimum Gasteiger partial charge on any atom is -0.507 e. The summed E-state index contributed by atoms with van der Waals surface area (Å²) in [5.74, 6) is -0.790. The fourth-order valence-corrected chi connectivity index (χ4v) is 2.26. The Labute approximate surface area is 140 Å². The van der Waals surface area contributed by atoms with Crippen LogP contribution in [0.4, 0.5) is 5.69 Å². The summed E-state index contributed by atoms with van der Waals surface area (Å²) in [6.45, 7) is 5.75. The third kappa shape index (κ3) is 4.32. The Bertz CT molecular complexity index is 742. The Morgan fingerprint density at radius 2 is 2.00 bits per heavy atom. The van der Waals surface area contributed by atoms with Gasteiger partial charge in [-0.05, 0) is 29.8 Å². The first-order valence-electron chi connectivity index (χ1n) is 7.59. The van der Waals surface area contributed by atoms with E-state index in [0.717, 1.165) is 5.56 Å². The lowest BCUT2D eigenvalue weighted by Crippen LogP contribution is -2.36. The van der Waals surface area contributed by atoms with E-state index in [4.69, 9.17) is 0 Å². The fourth-order valence-electron chi connectivity index (χ4n) is 2.26. The molecule has 2 amide bonds. The minimum absolute atomic E-state index is 0.114. The lowest BCUT2D eigenvalue weighted by Gasteiger charge is -2.25. The Balaban J connectivity index is 2.11. The summed E-state index contributed by atoms with van der Waals surface area (Å²) in [5.41, 5.74) is 1.26. The molecule has 0 unspecified atom stereocenters. The van der Waals surface area contributed by atoms with Gasteiger partial charge in [0.25, 0.3) is 5.91 Å². The molecule has 0 atom stereocenters. The average molecular weight is 327 g/mol. The van der Waals surface area contributed by atoms with Crippen molar-refractivity contribution < 1.29 is 14.7 Å². The molecule has 0 radical (unpaired) electrons. The normalized spacial score (nSPS) is 11.0. The van der Waals surface area contributed by atoms with Crippen molar-refractivity contribution in [2.45, 2.75) is 26.2 Å². The maximum Gasteiger partial charge on any atom is 0.255 e. The van der Waals surface area contributed by atoms with E-state index in [1.165, 1.54) is 25.1 Å². The highest BCUT2D eigenvalue weighted by Gasteiger charge is 2.22. The Morgan fingerprint density at radius 3 is 2.62 bits per heavy atom. The second-order valence-corrected chi connectivity index (χ2v) is 6.22. The number of nitrogens with zero attached hydrogens (tertiary/aromatic N) is 1. The van der Waals surface area contributed by atoms with Gasteiger partial charge < -0.3 is 15.7 Å². The van der Waals surface area contributed by atoms with Crippen molar-refractivity contribution in [2.75, 3.05) is 11.9 Å². The van der Waals surface area contributed by atoms with E-state index in [1.807, 2.05) is 26.0 Å². The standard InChI is InChI=1S/C18H21N3O3/c1-12(22)21-14-6-7-16(23)15(9-14)17(24)20-11-18(2,3)13-5-4-8-19-10-13/h4-10,23H,11H2,1-3H3,(H,20,24)(H,21,22). The maximum atomic E-state index is 12.4. The molecule has 1 aromatic carbocycles. The van der Waals surface area contributed by atoms with Crippen LogP contribution in [0.1, 0.15) is 36.7 Å². The van der Waals surface area contributed by atoms with E-state index in [1.54, 1.807) is 12.4 Å². The van der Waals surface area contributed by atoms with Gasteiger partial charge in [0, 0.05) is 37.0 Å². The van der Waals surface area contributed by atoms with Crippen LogP contribution in [-0.4, -0.2) is 28.4 Å². The molecule has 3 N–H and O–H groups in total. The van der Waals surface area contributed by atoms with Crippen LogP contribution in [0.25, 0.3) is 0 Å². The van der Waals surface area contributed by atoms with Crippen LogP contribution in [0.15, 0.2) is 42.7 Å². The molecule has 2 aromatic rings. The summed E-state index contributed by atoms with van der Waals surface area (Å²) < 4.78 is 0. The SMILES string of the molecule is CC(=O)Nc1ccc(O)c(C(=O)NCC(C)(C)c2cccnc2)c1. The zero-order chi connectivity index (χ0) is 17.7. The molecule has 1 aromatic heterocycles. The molecule has 0 aliphatic heterocycles. The number of phenolic OH excluding ortho intramolecular Hbond substituents is 1. The monoisotopic (exact) mass is 327 g/mol. The van der Waals surface area contributed by atoms with Gasteiger partial charge in [0.05, 0.1) is 5.56 Å². The van der Waals surface area contributed by atoms with E-state index >= 15 is 0 Å². The number of aromatic nitrogens is 1. The third-order valence-electron chi connectivity index (χ3n) is 3.70. The minimum atomic E-state index is -0.406. The Morgan fingerprint density at radius 1 is 1.25 bits per heavy atom. The van der Waals surface area contributed by atoms with Crippen LogP contribution < -0.4 is 10.6 Å². The molecule has 0 bridgehead atoms. The number of pyridine rings is 1. The predicted octanol–water partition coefficient (Wildman–Crippen LogP) is 2.45. The van der Waals surface area contributed by atoms with Crippen molar-refractivity contribution in [1.29, 1.82) is 0 Å². The Kier molecular flexibility index (Phi) is 5.18. The van der Waals surface area contributed by atoms with Crippen molar-refractivity contribution in [3.63, 3.8) is 0 Å². The lowest BCUT2D eigenvalue weighted by molar-refractivity contribution is -0.114. The van der Waals surface area contributed by atoms with Crippen LogP contribution in [0.2, 0.25) is 0 Å². The summed E-state index contributed by atoms with van der Waals surface area (Å²) in [5, 5.41) is 15.3. The van der Waals surface area contributed by atoms with Gasteiger partial charge in [-0.25, -0.2) is 0 Å². The lowest BCUT2D eigenvalue weighted by atomic mass is 9.85. The number of amides is 2. The number of aromatic hydroxyl groups is 1. The molecule has 126 valence electrons. The second kappa shape index (κ2) is 7.12. The highest BCUT2D eigenvalue weighted by Crippen LogP contribution is 2.23. The summed E-state index contributed by atoms with van der Waals surface area (Å²) in [6.07, 6.45) is 3.46. The summed E-state index contributed by atoms with van der Waals surface area (Å²) in [7, 11) is 0. The highest BCUT2D eigenvalue weighted by molar-refractivity contribution is 5.99. The van der Waals surface area contributed by atoms with Crippen LogP contribution in [-0.2, 0) is 10.2 Å². The van der Waals surface area contributed by atoms with Crippen molar-refractivity contribution in [3.05, 3.63) is 53.9 Å². The number of phenols is 1. The maximum absolute atomic E-state index is 12.4. The molecule has 0 spiro atoms. The molecule has 0 saturated heterocycles. The van der Waals surface area contributed by atoms with Gasteiger partial charge in [-0.1, -0.05) is 19.9 Å². The van der Waals surface area contributed by atoms with Crippen LogP contribution in [0.5, 0.6) is 5.75 Å². The van der Waals surface area contributed by atoms with E-state index in [2.05, 4.69) is 15.6 Å². The zero-order valence-electron chi connectivity index (χ0n) is 14.0. The molecule has 0 aliphatic carbocycles. The number of benzene rings is 1. The smallest absolute Gasteiger partial charge is 0.255 e. The number of hydrogen-bond acceptors (Lipinski definition) is 4. The second-order valence-electron chi connectivity index (χ2n) is 6.22. The molecule has 6 heteroatoms. The molecular weight excluding hydrogens is 306 g/mol. The molecule has 1 heterocycles. The zero-order valence-corrected chi connectivity index (χ0v) is 14.0. The Hall–Kier alpha value is -2.89. The number of anilines is 1.